The molecule has 0 aromatic heterocycles. The molecule has 0 aromatic rings. The fourth-order valence-electron chi connectivity index (χ4n) is 2.17. The molecule has 0 aliphatic carbocycles. The average Bonchev–Trinajstić information content (AvgIpc) is 2.15. The summed E-state index contributed by atoms with van der Waals surface area (Å²) in [7, 11) is 0. The molecule has 0 spiro atoms. The first kappa shape index (κ1) is 12.5. The molecule has 0 radical (unpaired) electrons. The van der Waals surface area contributed by atoms with E-state index >= 15 is 0 Å². The summed E-state index contributed by atoms with van der Waals surface area (Å²) >= 11 is 0. The molecule has 15 heavy (non-hydrogen) atoms. The van der Waals surface area contributed by atoms with E-state index in [0.29, 0.717) is 5.92 Å². The number of piperidine rings is 1. The Labute approximate surface area is 93.0 Å². The number of carbonyl (C=O) groups excluding carboxylic acids is 1. The third kappa shape index (κ3) is 3.20. The van der Waals surface area contributed by atoms with Crippen molar-refractivity contribution in [3.63, 3.8) is 0 Å². The van der Waals surface area contributed by atoms with E-state index in [1.54, 1.807) is 6.92 Å². The highest BCUT2D eigenvalue weighted by molar-refractivity contribution is 5.81. The predicted molar refractivity (Wildman–Crippen MR) is 62.4 cm³/mol. The molecule has 1 heterocycles. The predicted octanol–water partition coefficient (Wildman–Crippen LogP) is 1.62. The number of amides is 1. The van der Waals surface area contributed by atoms with Crippen molar-refractivity contribution in [2.45, 2.75) is 46.6 Å². The highest BCUT2D eigenvalue weighted by Gasteiger charge is 2.31. The summed E-state index contributed by atoms with van der Waals surface area (Å²) in [5, 5.41) is 0. The van der Waals surface area contributed by atoms with Crippen molar-refractivity contribution in [3.8, 4) is 0 Å². The first-order valence-corrected chi connectivity index (χ1v) is 5.86. The van der Waals surface area contributed by atoms with Crippen LogP contribution in [-0.4, -0.2) is 29.9 Å². The van der Waals surface area contributed by atoms with Crippen LogP contribution < -0.4 is 5.73 Å². The number of carbonyl (C=O) groups is 1. The summed E-state index contributed by atoms with van der Waals surface area (Å²) in [5.74, 6) is 0.706. The monoisotopic (exact) mass is 212 g/mol. The van der Waals surface area contributed by atoms with Gasteiger partial charge < -0.3 is 10.6 Å². The van der Waals surface area contributed by atoms with Crippen LogP contribution in [0, 0.1) is 11.3 Å². The van der Waals surface area contributed by atoms with Crippen LogP contribution >= 0.6 is 0 Å². The van der Waals surface area contributed by atoms with Crippen molar-refractivity contribution < 1.29 is 4.79 Å². The molecule has 1 rings (SSSR count). The van der Waals surface area contributed by atoms with E-state index in [1.165, 1.54) is 6.42 Å². The fraction of sp³-hybridized carbons (Fsp3) is 0.917. The number of rotatable bonds is 1. The maximum Gasteiger partial charge on any atom is 0.239 e. The van der Waals surface area contributed by atoms with Crippen LogP contribution in [0.1, 0.15) is 40.5 Å². The zero-order valence-electron chi connectivity index (χ0n) is 10.4. The van der Waals surface area contributed by atoms with Gasteiger partial charge in [0.2, 0.25) is 5.91 Å². The summed E-state index contributed by atoms with van der Waals surface area (Å²) in [6, 6.07) is -0.358. The van der Waals surface area contributed by atoms with Crippen molar-refractivity contribution >= 4 is 5.91 Å². The molecule has 1 amide bonds. The van der Waals surface area contributed by atoms with E-state index in [-0.39, 0.29) is 17.4 Å². The fourth-order valence-corrected chi connectivity index (χ4v) is 2.17. The van der Waals surface area contributed by atoms with E-state index in [1.807, 2.05) is 4.90 Å². The Balaban J connectivity index is 2.60. The SMILES string of the molecule is CC(N)C(=O)N1CCCC(C(C)(C)C)C1. The Morgan fingerprint density at radius 1 is 1.47 bits per heavy atom. The lowest BCUT2D eigenvalue weighted by Crippen LogP contribution is -2.48. The summed E-state index contributed by atoms with van der Waals surface area (Å²) < 4.78 is 0. The second kappa shape index (κ2) is 4.52. The molecule has 1 aliphatic heterocycles. The third-order valence-electron chi connectivity index (χ3n) is 3.35. The third-order valence-corrected chi connectivity index (χ3v) is 3.35. The summed E-state index contributed by atoms with van der Waals surface area (Å²) in [6.07, 6.45) is 2.34. The lowest BCUT2D eigenvalue weighted by molar-refractivity contribution is -0.134. The van der Waals surface area contributed by atoms with Crippen molar-refractivity contribution in [2.24, 2.45) is 17.1 Å². The molecule has 0 saturated carbocycles. The second-order valence-electron chi connectivity index (χ2n) is 5.78. The van der Waals surface area contributed by atoms with Crippen molar-refractivity contribution in [1.29, 1.82) is 0 Å². The molecule has 0 bridgehead atoms. The second-order valence-corrected chi connectivity index (χ2v) is 5.78. The molecular formula is C12H24N2O. The van der Waals surface area contributed by atoms with Gasteiger partial charge in [0.15, 0.2) is 0 Å². The number of nitrogens with two attached hydrogens (primary N) is 1. The minimum Gasteiger partial charge on any atom is -0.341 e. The topological polar surface area (TPSA) is 46.3 Å². The van der Waals surface area contributed by atoms with E-state index in [4.69, 9.17) is 5.73 Å². The standard InChI is InChI=1S/C12H24N2O/c1-9(13)11(15)14-7-5-6-10(8-14)12(2,3)4/h9-10H,5-8,13H2,1-4H3. The summed E-state index contributed by atoms with van der Waals surface area (Å²) in [6.45, 7) is 10.3. The quantitative estimate of drug-likeness (QED) is 0.718. The highest BCUT2D eigenvalue weighted by atomic mass is 16.2. The number of likely N-dealkylation sites (tertiary alicyclic amines) is 1. The lowest BCUT2D eigenvalue weighted by Gasteiger charge is -2.40. The minimum atomic E-state index is -0.358. The Bertz CT molecular complexity index is 230. The van der Waals surface area contributed by atoms with Crippen LogP contribution in [-0.2, 0) is 4.79 Å². The van der Waals surface area contributed by atoms with E-state index < -0.39 is 0 Å². The van der Waals surface area contributed by atoms with Crippen molar-refractivity contribution in [2.75, 3.05) is 13.1 Å². The van der Waals surface area contributed by atoms with Crippen LogP contribution in [0.15, 0.2) is 0 Å². The summed E-state index contributed by atoms with van der Waals surface area (Å²) in [5.41, 5.74) is 5.92. The highest BCUT2D eigenvalue weighted by Crippen LogP contribution is 2.33. The molecule has 2 atom stereocenters. The number of hydrogen-bond donors (Lipinski definition) is 1. The van der Waals surface area contributed by atoms with Crippen LogP contribution in [0.4, 0.5) is 0 Å². The van der Waals surface area contributed by atoms with Gasteiger partial charge in [-0.2, -0.15) is 0 Å². The van der Waals surface area contributed by atoms with Crippen molar-refractivity contribution in [3.05, 3.63) is 0 Å². The maximum absolute atomic E-state index is 11.8. The van der Waals surface area contributed by atoms with Crippen LogP contribution in [0.2, 0.25) is 0 Å². The molecule has 2 N–H and O–H groups in total. The Kier molecular flexibility index (Phi) is 3.77. The first-order valence-electron chi connectivity index (χ1n) is 5.86. The zero-order valence-corrected chi connectivity index (χ0v) is 10.4. The average molecular weight is 212 g/mol. The first-order chi connectivity index (χ1) is 6.82. The van der Waals surface area contributed by atoms with Crippen LogP contribution in [0.5, 0.6) is 0 Å². The normalized spacial score (nSPS) is 25.1. The minimum absolute atomic E-state index is 0.101. The largest absolute Gasteiger partial charge is 0.341 e. The van der Waals surface area contributed by atoms with E-state index in [0.717, 1.165) is 19.5 Å². The van der Waals surface area contributed by atoms with Crippen LogP contribution in [0.3, 0.4) is 0 Å². The molecule has 3 heteroatoms. The van der Waals surface area contributed by atoms with E-state index in [9.17, 15) is 4.79 Å². The molecule has 1 aliphatic rings. The van der Waals surface area contributed by atoms with Gasteiger partial charge in [0.25, 0.3) is 0 Å². The molecule has 1 saturated heterocycles. The summed E-state index contributed by atoms with van der Waals surface area (Å²) in [4.78, 5) is 13.7. The van der Waals surface area contributed by atoms with Gasteiger partial charge in [0.1, 0.15) is 0 Å². The molecule has 3 nitrogen and oxygen atoms in total. The van der Waals surface area contributed by atoms with Crippen molar-refractivity contribution in [1.82, 2.24) is 4.90 Å². The Morgan fingerprint density at radius 2 is 2.07 bits per heavy atom. The smallest absolute Gasteiger partial charge is 0.239 e. The van der Waals surface area contributed by atoms with Gasteiger partial charge in [-0.15, -0.1) is 0 Å². The number of hydrogen-bond acceptors (Lipinski definition) is 2. The van der Waals surface area contributed by atoms with Gasteiger partial charge in [-0.25, -0.2) is 0 Å². The van der Waals surface area contributed by atoms with Gasteiger partial charge in [-0.1, -0.05) is 20.8 Å². The Morgan fingerprint density at radius 3 is 2.53 bits per heavy atom. The van der Waals surface area contributed by atoms with Gasteiger partial charge in [0, 0.05) is 13.1 Å². The molecule has 0 aromatic carbocycles. The molecule has 88 valence electrons. The number of nitrogens with zero attached hydrogens (tertiary/aromatic N) is 1. The van der Waals surface area contributed by atoms with Crippen LogP contribution in [0.25, 0.3) is 0 Å². The van der Waals surface area contributed by atoms with Gasteiger partial charge >= 0.3 is 0 Å². The molecule has 1 fully saturated rings. The maximum atomic E-state index is 11.8. The van der Waals surface area contributed by atoms with Gasteiger partial charge in [0.05, 0.1) is 6.04 Å². The molecule has 2 unspecified atom stereocenters. The molecular weight excluding hydrogens is 188 g/mol. The lowest BCUT2D eigenvalue weighted by atomic mass is 9.76. The van der Waals surface area contributed by atoms with Gasteiger partial charge in [-0.3, -0.25) is 4.79 Å². The Hall–Kier alpha value is -0.570. The van der Waals surface area contributed by atoms with Gasteiger partial charge in [-0.05, 0) is 31.1 Å². The zero-order chi connectivity index (χ0) is 11.6. The van der Waals surface area contributed by atoms with E-state index in [2.05, 4.69) is 20.8 Å².